The summed E-state index contributed by atoms with van der Waals surface area (Å²) in [7, 11) is 0. The molecule has 0 radical (unpaired) electrons. The van der Waals surface area contributed by atoms with Crippen molar-refractivity contribution in [2.75, 3.05) is 0 Å². The van der Waals surface area contributed by atoms with E-state index in [9.17, 15) is 0 Å². The topological polar surface area (TPSA) is 24.7 Å². The lowest BCUT2D eigenvalue weighted by atomic mass is 10.2. The molecular formula is C16H17ClN2. The molecule has 0 aliphatic heterocycles. The van der Waals surface area contributed by atoms with Gasteiger partial charge in [0.15, 0.2) is 0 Å². The van der Waals surface area contributed by atoms with Gasteiger partial charge in [-0.2, -0.15) is 0 Å². The van der Waals surface area contributed by atoms with Gasteiger partial charge in [-0.1, -0.05) is 43.3 Å². The van der Waals surface area contributed by atoms with E-state index in [1.54, 1.807) is 0 Å². The first-order valence-electron chi connectivity index (χ1n) is 6.03. The summed E-state index contributed by atoms with van der Waals surface area (Å²) in [6.07, 6.45) is 3.81. The van der Waals surface area contributed by atoms with Crippen LogP contribution in [0.2, 0.25) is 0 Å². The van der Waals surface area contributed by atoms with Crippen molar-refractivity contribution in [2.45, 2.75) is 6.92 Å². The van der Waals surface area contributed by atoms with Gasteiger partial charge in [0, 0.05) is 18.3 Å². The van der Waals surface area contributed by atoms with Crippen LogP contribution in [0.3, 0.4) is 0 Å². The largest absolute Gasteiger partial charge is 0.261 e. The van der Waals surface area contributed by atoms with Crippen LogP contribution in [-0.4, -0.2) is 12.4 Å². The van der Waals surface area contributed by atoms with Gasteiger partial charge in [0.1, 0.15) is 0 Å². The molecule has 2 rings (SSSR count). The van der Waals surface area contributed by atoms with E-state index in [1.165, 1.54) is 0 Å². The second-order valence-corrected chi connectivity index (χ2v) is 4.09. The standard InChI is InChI=1S/C16H16N2.ClH/c1-14(12-17-15-8-4-2-5-9-15)13-18-16-10-6-3-7-11-16;/h2-14H,1H3;1H. The van der Waals surface area contributed by atoms with Crippen molar-refractivity contribution < 1.29 is 0 Å². The van der Waals surface area contributed by atoms with Gasteiger partial charge in [-0.3, -0.25) is 9.98 Å². The maximum atomic E-state index is 4.40. The Morgan fingerprint density at radius 3 is 1.47 bits per heavy atom. The molecule has 2 aromatic rings. The Kier molecular flexibility index (Phi) is 6.55. The van der Waals surface area contributed by atoms with E-state index in [-0.39, 0.29) is 18.3 Å². The lowest BCUT2D eigenvalue weighted by Gasteiger charge is -1.97. The van der Waals surface area contributed by atoms with Gasteiger partial charge < -0.3 is 0 Å². The minimum absolute atomic E-state index is 0. The molecule has 0 heterocycles. The molecule has 0 N–H and O–H groups in total. The molecule has 0 aliphatic rings. The highest BCUT2D eigenvalue weighted by atomic mass is 35.5. The van der Waals surface area contributed by atoms with Crippen LogP contribution in [0.1, 0.15) is 6.92 Å². The van der Waals surface area contributed by atoms with E-state index in [1.807, 2.05) is 73.1 Å². The zero-order valence-corrected chi connectivity index (χ0v) is 11.6. The molecule has 19 heavy (non-hydrogen) atoms. The van der Waals surface area contributed by atoms with Crippen molar-refractivity contribution in [3.8, 4) is 0 Å². The third-order valence-electron chi connectivity index (χ3n) is 2.43. The first-order valence-corrected chi connectivity index (χ1v) is 6.03. The molecule has 0 aromatic heterocycles. The Morgan fingerprint density at radius 1 is 0.737 bits per heavy atom. The summed E-state index contributed by atoms with van der Waals surface area (Å²) in [6, 6.07) is 19.8. The number of hydrogen-bond donors (Lipinski definition) is 0. The summed E-state index contributed by atoms with van der Waals surface area (Å²) < 4.78 is 0. The summed E-state index contributed by atoms with van der Waals surface area (Å²) in [6.45, 7) is 2.07. The summed E-state index contributed by atoms with van der Waals surface area (Å²) in [5.74, 6) is 0.213. The monoisotopic (exact) mass is 272 g/mol. The van der Waals surface area contributed by atoms with Crippen molar-refractivity contribution in [1.82, 2.24) is 0 Å². The summed E-state index contributed by atoms with van der Waals surface area (Å²) in [5.41, 5.74) is 1.94. The maximum absolute atomic E-state index is 4.40. The first-order chi connectivity index (χ1) is 8.84. The van der Waals surface area contributed by atoms with Crippen LogP contribution in [0.25, 0.3) is 0 Å². The number of rotatable bonds is 4. The van der Waals surface area contributed by atoms with E-state index in [0.717, 1.165) is 11.4 Å². The maximum Gasteiger partial charge on any atom is 0.0625 e. The molecule has 3 heteroatoms. The van der Waals surface area contributed by atoms with Crippen molar-refractivity contribution in [3.05, 3.63) is 60.7 Å². The highest BCUT2D eigenvalue weighted by Gasteiger charge is 1.93. The zero-order valence-electron chi connectivity index (χ0n) is 10.8. The number of aliphatic imine (C=N–C) groups is 2. The van der Waals surface area contributed by atoms with Crippen LogP contribution >= 0.6 is 12.4 Å². The van der Waals surface area contributed by atoms with Crippen molar-refractivity contribution in [3.63, 3.8) is 0 Å². The van der Waals surface area contributed by atoms with Crippen LogP contribution in [-0.2, 0) is 0 Å². The van der Waals surface area contributed by atoms with Crippen molar-refractivity contribution in [2.24, 2.45) is 15.9 Å². The van der Waals surface area contributed by atoms with Crippen LogP contribution in [0, 0.1) is 5.92 Å². The van der Waals surface area contributed by atoms with Gasteiger partial charge in [-0.15, -0.1) is 12.4 Å². The molecule has 0 saturated heterocycles. The average molecular weight is 273 g/mol. The number of hydrogen-bond acceptors (Lipinski definition) is 2. The Morgan fingerprint density at radius 2 is 1.11 bits per heavy atom. The summed E-state index contributed by atoms with van der Waals surface area (Å²) in [4.78, 5) is 8.80. The molecular weight excluding hydrogens is 256 g/mol. The van der Waals surface area contributed by atoms with E-state index in [2.05, 4.69) is 16.9 Å². The second-order valence-electron chi connectivity index (χ2n) is 4.09. The smallest absolute Gasteiger partial charge is 0.0625 e. The fraction of sp³-hybridized carbons (Fsp3) is 0.125. The third kappa shape index (κ3) is 5.49. The molecule has 2 nitrogen and oxygen atoms in total. The van der Waals surface area contributed by atoms with Gasteiger partial charge in [0.05, 0.1) is 11.4 Å². The number of halogens is 1. The Balaban J connectivity index is 0.00000180. The summed E-state index contributed by atoms with van der Waals surface area (Å²) in [5, 5.41) is 0. The fourth-order valence-corrected chi connectivity index (χ4v) is 1.47. The molecule has 98 valence electrons. The van der Waals surface area contributed by atoms with E-state index in [4.69, 9.17) is 0 Å². The molecule has 0 amide bonds. The van der Waals surface area contributed by atoms with E-state index >= 15 is 0 Å². The molecule has 0 aliphatic carbocycles. The van der Waals surface area contributed by atoms with Crippen LogP contribution in [0.5, 0.6) is 0 Å². The van der Waals surface area contributed by atoms with E-state index in [0.29, 0.717) is 0 Å². The fourth-order valence-electron chi connectivity index (χ4n) is 1.47. The number of nitrogens with zero attached hydrogens (tertiary/aromatic N) is 2. The van der Waals surface area contributed by atoms with E-state index < -0.39 is 0 Å². The quantitative estimate of drug-likeness (QED) is 0.711. The Labute approximate surface area is 120 Å². The number of para-hydroxylation sites is 2. The van der Waals surface area contributed by atoms with Gasteiger partial charge in [-0.25, -0.2) is 0 Å². The molecule has 0 bridgehead atoms. The normalized spacial score (nSPS) is 12.5. The minimum Gasteiger partial charge on any atom is -0.261 e. The second kappa shape index (κ2) is 8.22. The molecule has 0 unspecified atom stereocenters. The molecule has 0 saturated carbocycles. The Bertz CT molecular complexity index is 471. The van der Waals surface area contributed by atoms with Gasteiger partial charge in [0.2, 0.25) is 0 Å². The lowest BCUT2D eigenvalue weighted by Crippen LogP contribution is -1.96. The summed E-state index contributed by atoms with van der Waals surface area (Å²) >= 11 is 0. The van der Waals surface area contributed by atoms with Crippen LogP contribution < -0.4 is 0 Å². The third-order valence-corrected chi connectivity index (χ3v) is 2.43. The van der Waals surface area contributed by atoms with Gasteiger partial charge in [-0.05, 0) is 24.3 Å². The van der Waals surface area contributed by atoms with Crippen molar-refractivity contribution >= 4 is 36.2 Å². The minimum atomic E-state index is 0. The molecule has 0 spiro atoms. The highest BCUT2D eigenvalue weighted by Crippen LogP contribution is 2.11. The highest BCUT2D eigenvalue weighted by molar-refractivity contribution is 5.85. The number of benzene rings is 2. The predicted molar refractivity (Wildman–Crippen MR) is 85.6 cm³/mol. The van der Waals surface area contributed by atoms with Crippen molar-refractivity contribution in [1.29, 1.82) is 0 Å². The zero-order chi connectivity index (χ0) is 12.6. The predicted octanol–water partition coefficient (Wildman–Crippen LogP) is 4.85. The van der Waals surface area contributed by atoms with Crippen LogP contribution in [0.4, 0.5) is 11.4 Å². The van der Waals surface area contributed by atoms with Gasteiger partial charge >= 0.3 is 0 Å². The molecule has 0 atom stereocenters. The van der Waals surface area contributed by atoms with Gasteiger partial charge in [0.25, 0.3) is 0 Å². The lowest BCUT2D eigenvalue weighted by molar-refractivity contribution is 1.11. The Hall–Kier alpha value is -1.93. The average Bonchev–Trinajstić information content (AvgIpc) is 2.45. The van der Waals surface area contributed by atoms with Crippen LogP contribution in [0.15, 0.2) is 70.6 Å². The first kappa shape index (κ1) is 15.1. The SMILES string of the molecule is CC(C=Nc1ccccc1)C=Nc1ccccc1.Cl. The molecule has 2 aromatic carbocycles. The molecule has 0 fully saturated rings.